The zero-order valence-corrected chi connectivity index (χ0v) is 11.1. The number of hydrogen-bond donors (Lipinski definition) is 1. The Morgan fingerprint density at radius 3 is 2.56 bits per heavy atom. The van der Waals surface area contributed by atoms with E-state index in [0.717, 1.165) is 30.2 Å². The van der Waals surface area contributed by atoms with E-state index >= 15 is 0 Å². The molecule has 0 aliphatic heterocycles. The Balaban J connectivity index is 2.01. The molecule has 0 saturated heterocycles. The molecule has 0 saturated carbocycles. The molecule has 1 aromatic heterocycles. The lowest BCUT2D eigenvalue weighted by Crippen LogP contribution is -1.96. The monoisotopic (exact) mass is 245 g/mol. The molecule has 1 heterocycles. The molecule has 0 radical (unpaired) electrons. The van der Waals surface area contributed by atoms with Crippen LogP contribution in [0.5, 0.6) is 5.75 Å². The zero-order chi connectivity index (χ0) is 13.0. The van der Waals surface area contributed by atoms with Gasteiger partial charge in [0, 0.05) is 12.8 Å². The minimum Gasteiger partial charge on any atom is -0.497 e. The molecule has 4 heteroatoms. The summed E-state index contributed by atoms with van der Waals surface area (Å²) >= 11 is 0. The molecule has 0 aliphatic rings. The highest BCUT2D eigenvalue weighted by Crippen LogP contribution is 2.13. The summed E-state index contributed by atoms with van der Waals surface area (Å²) in [5, 5.41) is 7.22. The van der Waals surface area contributed by atoms with Crippen LogP contribution in [0, 0.1) is 5.92 Å². The molecule has 18 heavy (non-hydrogen) atoms. The van der Waals surface area contributed by atoms with Crippen LogP contribution in [0.25, 0.3) is 0 Å². The van der Waals surface area contributed by atoms with Crippen molar-refractivity contribution in [2.24, 2.45) is 5.92 Å². The van der Waals surface area contributed by atoms with Crippen molar-refractivity contribution in [2.75, 3.05) is 7.11 Å². The van der Waals surface area contributed by atoms with Gasteiger partial charge in [-0.05, 0) is 23.6 Å². The fraction of sp³-hybridized carbons (Fsp3) is 0.429. The number of aromatic nitrogens is 3. The molecule has 4 nitrogen and oxygen atoms in total. The van der Waals surface area contributed by atoms with Gasteiger partial charge in [0.25, 0.3) is 0 Å². The molecule has 2 aromatic rings. The number of ether oxygens (including phenoxy) is 1. The maximum Gasteiger partial charge on any atom is 0.150 e. The first kappa shape index (κ1) is 12.6. The van der Waals surface area contributed by atoms with Gasteiger partial charge in [0.1, 0.15) is 11.6 Å². The highest BCUT2D eigenvalue weighted by Gasteiger charge is 2.06. The summed E-state index contributed by atoms with van der Waals surface area (Å²) in [5.74, 6) is 3.26. The van der Waals surface area contributed by atoms with Crippen molar-refractivity contribution in [3.63, 3.8) is 0 Å². The number of aromatic amines is 1. The molecule has 0 atom stereocenters. The van der Waals surface area contributed by atoms with Crippen molar-refractivity contribution in [2.45, 2.75) is 26.7 Å². The van der Waals surface area contributed by atoms with Crippen LogP contribution < -0.4 is 4.74 Å². The largest absolute Gasteiger partial charge is 0.497 e. The highest BCUT2D eigenvalue weighted by molar-refractivity contribution is 5.28. The van der Waals surface area contributed by atoms with Crippen LogP contribution in [0.1, 0.15) is 31.1 Å². The lowest BCUT2D eigenvalue weighted by Gasteiger charge is -2.01. The molecular formula is C14H19N3O. The molecule has 0 fully saturated rings. The van der Waals surface area contributed by atoms with Gasteiger partial charge < -0.3 is 4.74 Å². The number of rotatable bonds is 5. The van der Waals surface area contributed by atoms with Crippen LogP contribution in [-0.4, -0.2) is 22.3 Å². The maximum atomic E-state index is 5.13. The molecule has 2 rings (SSSR count). The number of H-pyrrole nitrogens is 1. The Kier molecular flexibility index (Phi) is 3.97. The van der Waals surface area contributed by atoms with E-state index in [-0.39, 0.29) is 0 Å². The molecule has 0 aliphatic carbocycles. The first-order valence-electron chi connectivity index (χ1n) is 6.20. The van der Waals surface area contributed by atoms with Crippen molar-refractivity contribution < 1.29 is 4.74 Å². The third-order valence-corrected chi connectivity index (χ3v) is 2.70. The summed E-state index contributed by atoms with van der Waals surface area (Å²) in [7, 11) is 1.67. The molecule has 1 N–H and O–H groups in total. The second-order valence-corrected chi connectivity index (χ2v) is 4.82. The predicted molar refractivity (Wildman–Crippen MR) is 70.7 cm³/mol. The number of methoxy groups -OCH3 is 1. The van der Waals surface area contributed by atoms with Gasteiger partial charge in [-0.1, -0.05) is 26.0 Å². The molecule has 0 unspecified atom stereocenters. The van der Waals surface area contributed by atoms with Crippen LogP contribution in [0.2, 0.25) is 0 Å². The number of nitrogens with zero attached hydrogens (tertiary/aromatic N) is 2. The van der Waals surface area contributed by atoms with Crippen molar-refractivity contribution in [3.8, 4) is 5.75 Å². The molecular weight excluding hydrogens is 226 g/mol. The summed E-state index contributed by atoms with van der Waals surface area (Å²) < 4.78 is 5.13. The molecule has 0 amide bonds. The second kappa shape index (κ2) is 5.67. The standard InChI is InChI=1S/C14H19N3O/c1-10(2)8-13-15-14(17-16-13)9-11-4-6-12(18-3)7-5-11/h4-7,10H,8-9H2,1-3H3,(H,15,16,17). The summed E-state index contributed by atoms with van der Waals surface area (Å²) in [4.78, 5) is 4.49. The Morgan fingerprint density at radius 2 is 1.94 bits per heavy atom. The van der Waals surface area contributed by atoms with Crippen LogP contribution in [0.3, 0.4) is 0 Å². The van der Waals surface area contributed by atoms with Gasteiger partial charge in [-0.2, -0.15) is 5.10 Å². The first-order chi connectivity index (χ1) is 8.67. The molecule has 0 bridgehead atoms. The number of hydrogen-bond acceptors (Lipinski definition) is 3. The maximum absolute atomic E-state index is 5.13. The lowest BCUT2D eigenvalue weighted by atomic mass is 10.1. The van der Waals surface area contributed by atoms with Gasteiger partial charge in [0.15, 0.2) is 5.82 Å². The van der Waals surface area contributed by atoms with E-state index in [1.165, 1.54) is 5.56 Å². The summed E-state index contributed by atoms with van der Waals surface area (Å²) in [6, 6.07) is 8.01. The van der Waals surface area contributed by atoms with Crippen molar-refractivity contribution in [1.29, 1.82) is 0 Å². The molecule has 0 spiro atoms. The van der Waals surface area contributed by atoms with Gasteiger partial charge in [-0.3, -0.25) is 5.10 Å². The van der Waals surface area contributed by atoms with Gasteiger partial charge in [0.05, 0.1) is 7.11 Å². The van der Waals surface area contributed by atoms with Crippen LogP contribution >= 0.6 is 0 Å². The quantitative estimate of drug-likeness (QED) is 0.881. The van der Waals surface area contributed by atoms with Gasteiger partial charge in [0.2, 0.25) is 0 Å². The minimum absolute atomic E-state index is 0.578. The van der Waals surface area contributed by atoms with E-state index in [4.69, 9.17) is 4.74 Å². The van der Waals surface area contributed by atoms with Crippen LogP contribution in [-0.2, 0) is 12.8 Å². The zero-order valence-electron chi connectivity index (χ0n) is 11.1. The second-order valence-electron chi connectivity index (χ2n) is 4.82. The Morgan fingerprint density at radius 1 is 1.22 bits per heavy atom. The molecule has 1 aromatic carbocycles. The topological polar surface area (TPSA) is 50.8 Å². The van der Waals surface area contributed by atoms with Crippen molar-refractivity contribution >= 4 is 0 Å². The summed E-state index contributed by atoms with van der Waals surface area (Å²) in [5.41, 5.74) is 1.20. The third-order valence-electron chi connectivity index (χ3n) is 2.70. The van der Waals surface area contributed by atoms with Gasteiger partial charge in [-0.15, -0.1) is 0 Å². The third kappa shape index (κ3) is 3.32. The normalized spacial score (nSPS) is 10.9. The Bertz CT molecular complexity index is 488. The number of benzene rings is 1. The first-order valence-corrected chi connectivity index (χ1v) is 6.20. The minimum atomic E-state index is 0.578. The van der Waals surface area contributed by atoms with Crippen molar-refractivity contribution in [3.05, 3.63) is 41.5 Å². The van der Waals surface area contributed by atoms with E-state index < -0.39 is 0 Å². The molecule has 96 valence electrons. The average Bonchev–Trinajstić information content (AvgIpc) is 2.76. The van der Waals surface area contributed by atoms with Gasteiger partial charge >= 0.3 is 0 Å². The van der Waals surface area contributed by atoms with Crippen LogP contribution in [0.15, 0.2) is 24.3 Å². The van der Waals surface area contributed by atoms with E-state index in [1.807, 2.05) is 24.3 Å². The van der Waals surface area contributed by atoms with Crippen molar-refractivity contribution in [1.82, 2.24) is 15.2 Å². The fourth-order valence-electron chi connectivity index (χ4n) is 1.81. The average molecular weight is 245 g/mol. The Labute approximate surface area is 107 Å². The summed E-state index contributed by atoms with van der Waals surface area (Å²) in [6.07, 6.45) is 1.69. The SMILES string of the molecule is COc1ccc(Cc2nc(CC(C)C)n[nH]2)cc1. The van der Waals surface area contributed by atoms with E-state index in [0.29, 0.717) is 5.92 Å². The summed E-state index contributed by atoms with van der Waals surface area (Å²) in [6.45, 7) is 4.33. The van der Waals surface area contributed by atoms with Gasteiger partial charge in [-0.25, -0.2) is 4.98 Å². The predicted octanol–water partition coefficient (Wildman–Crippen LogP) is 2.60. The lowest BCUT2D eigenvalue weighted by molar-refractivity contribution is 0.414. The van der Waals surface area contributed by atoms with E-state index in [2.05, 4.69) is 29.0 Å². The Hall–Kier alpha value is -1.84. The number of nitrogens with one attached hydrogen (secondary N) is 1. The smallest absolute Gasteiger partial charge is 0.150 e. The van der Waals surface area contributed by atoms with E-state index in [9.17, 15) is 0 Å². The fourth-order valence-corrected chi connectivity index (χ4v) is 1.81. The van der Waals surface area contributed by atoms with Crippen LogP contribution in [0.4, 0.5) is 0 Å². The highest BCUT2D eigenvalue weighted by atomic mass is 16.5. The van der Waals surface area contributed by atoms with E-state index in [1.54, 1.807) is 7.11 Å².